The fourth-order valence-corrected chi connectivity index (χ4v) is 2.40. The van der Waals surface area contributed by atoms with E-state index >= 15 is 0 Å². The summed E-state index contributed by atoms with van der Waals surface area (Å²) in [7, 11) is 0. The smallest absolute Gasteiger partial charge is 0.455 e. The van der Waals surface area contributed by atoms with Crippen LogP contribution in [0.3, 0.4) is 0 Å². The minimum absolute atomic E-state index is 0.352. The van der Waals surface area contributed by atoms with Gasteiger partial charge in [0.2, 0.25) is 11.8 Å². The van der Waals surface area contributed by atoms with Gasteiger partial charge in [0, 0.05) is 0 Å². The van der Waals surface area contributed by atoms with E-state index in [0.717, 1.165) is 6.92 Å². The zero-order valence-corrected chi connectivity index (χ0v) is 15.3. The molecule has 3 N–H and O–H groups in total. The van der Waals surface area contributed by atoms with Crippen molar-refractivity contribution < 1.29 is 41.1 Å². The molecule has 0 radical (unpaired) electrons. The Balaban J connectivity index is 2.00. The summed E-state index contributed by atoms with van der Waals surface area (Å²) in [5.74, 6) is -9.47. The Morgan fingerprint density at radius 2 is 1.79 bits per heavy atom. The number of anilines is 1. The molecule has 7 nitrogen and oxygen atoms in total. The van der Waals surface area contributed by atoms with E-state index in [4.69, 9.17) is 4.74 Å². The summed E-state index contributed by atoms with van der Waals surface area (Å²) in [6.45, 7) is 0.484. The van der Waals surface area contributed by atoms with E-state index in [1.54, 1.807) is 24.3 Å². The first-order valence-corrected chi connectivity index (χ1v) is 8.42. The third-order valence-electron chi connectivity index (χ3n) is 4.19. The maximum absolute atomic E-state index is 12.9. The van der Waals surface area contributed by atoms with Crippen molar-refractivity contribution in [2.45, 2.75) is 38.1 Å². The molecule has 1 aromatic rings. The third kappa shape index (κ3) is 5.12. The van der Waals surface area contributed by atoms with Crippen molar-refractivity contribution in [2.24, 2.45) is 5.92 Å². The quantitative estimate of drug-likeness (QED) is 0.498. The van der Waals surface area contributed by atoms with E-state index in [0.29, 0.717) is 11.4 Å². The first-order chi connectivity index (χ1) is 13.3. The standard InChI is InChI=1S/C17H18F5N3O4/c1-8(13(26)23-7-16(18,19)17(20,21)22)14(27)25-12-9(2)29-11-6-4-3-5-10(11)24-15(12)28/h3-6,8-9,12H,7H2,1-2H3,(H,23,26)(H,24,28)(H,25,27)/t8?,9-,12?/m0/s1. The van der Waals surface area contributed by atoms with E-state index in [9.17, 15) is 36.3 Å². The maximum atomic E-state index is 12.9. The predicted molar refractivity (Wildman–Crippen MR) is 90.3 cm³/mol. The Morgan fingerprint density at radius 3 is 2.41 bits per heavy atom. The van der Waals surface area contributed by atoms with Crippen LogP contribution in [0.5, 0.6) is 5.75 Å². The van der Waals surface area contributed by atoms with Gasteiger partial charge in [-0.05, 0) is 26.0 Å². The van der Waals surface area contributed by atoms with Gasteiger partial charge in [0.25, 0.3) is 5.91 Å². The average Bonchev–Trinajstić information content (AvgIpc) is 2.74. The second-order valence-electron chi connectivity index (χ2n) is 6.44. The molecule has 0 bridgehead atoms. The Kier molecular flexibility index (Phi) is 6.34. The van der Waals surface area contributed by atoms with Crippen molar-refractivity contribution >= 4 is 23.4 Å². The van der Waals surface area contributed by atoms with Crippen molar-refractivity contribution in [3.8, 4) is 5.75 Å². The normalized spacial score (nSPS) is 20.4. The number of fused-ring (bicyclic) bond motifs is 1. The molecule has 2 rings (SSSR count). The minimum atomic E-state index is -5.84. The topological polar surface area (TPSA) is 96.5 Å². The van der Waals surface area contributed by atoms with Crippen LogP contribution in [0.25, 0.3) is 0 Å². The highest BCUT2D eigenvalue weighted by Gasteiger charge is 2.57. The maximum Gasteiger partial charge on any atom is 0.455 e. The number of carbonyl (C=O) groups is 3. The molecule has 3 amide bonds. The Bertz CT molecular complexity index is 800. The average molecular weight is 423 g/mol. The number of hydrogen-bond donors (Lipinski definition) is 3. The molecule has 0 saturated carbocycles. The summed E-state index contributed by atoms with van der Waals surface area (Å²) in [4.78, 5) is 36.4. The Labute approximate surface area is 162 Å². The molecule has 2 unspecified atom stereocenters. The van der Waals surface area contributed by atoms with Crippen LogP contribution in [0.15, 0.2) is 24.3 Å². The van der Waals surface area contributed by atoms with Gasteiger partial charge in [-0.25, -0.2) is 0 Å². The predicted octanol–water partition coefficient (Wildman–Crippen LogP) is 1.84. The van der Waals surface area contributed by atoms with E-state index in [1.807, 2.05) is 0 Å². The third-order valence-corrected chi connectivity index (χ3v) is 4.19. The number of rotatable bonds is 5. The lowest BCUT2D eigenvalue weighted by molar-refractivity contribution is -0.278. The number of benzene rings is 1. The van der Waals surface area contributed by atoms with Gasteiger partial charge in [-0.1, -0.05) is 12.1 Å². The lowest BCUT2D eigenvalue weighted by Crippen LogP contribution is -2.54. The van der Waals surface area contributed by atoms with E-state index in [-0.39, 0.29) is 0 Å². The van der Waals surface area contributed by atoms with Gasteiger partial charge in [0.1, 0.15) is 23.8 Å². The number of amides is 3. The number of carbonyl (C=O) groups excluding carboxylic acids is 3. The molecule has 0 spiro atoms. The van der Waals surface area contributed by atoms with Gasteiger partial charge < -0.3 is 20.7 Å². The minimum Gasteiger partial charge on any atom is -0.486 e. The summed E-state index contributed by atoms with van der Waals surface area (Å²) in [5.41, 5.74) is 0.362. The molecule has 1 aliphatic rings. The number of ether oxygens (including phenoxy) is 1. The fourth-order valence-electron chi connectivity index (χ4n) is 2.40. The van der Waals surface area contributed by atoms with Crippen LogP contribution < -0.4 is 20.7 Å². The van der Waals surface area contributed by atoms with Crippen molar-refractivity contribution in [1.82, 2.24) is 10.6 Å². The molecule has 0 aromatic heterocycles. The summed E-state index contributed by atoms with van der Waals surface area (Å²) < 4.78 is 67.8. The van der Waals surface area contributed by atoms with Crippen LogP contribution in [0.1, 0.15) is 13.8 Å². The zero-order valence-electron chi connectivity index (χ0n) is 15.3. The van der Waals surface area contributed by atoms with Gasteiger partial charge in [-0.3, -0.25) is 14.4 Å². The van der Waals surface area contributed by atoms with Crippen LogP contribution in [0.2, 0.25) is 0 Å². The SMILES string of the molecule is CC(C(=O)NCC(F)(F)C(F)(F)F)C(=O)NC1C(=O)Nc2ccccc2O[C@H]1C. The highest BCUT2D eigenvalue weighted by Crippen LogP contribution is 2.34. The molecule has 1 aliphatic heterocycles. The van der Waals surface area contributed by atoms with Crippen molar-refractivity contribution in [3.05, 3.63) is 24.3 Å². The van der Waals surface area contributed by atoms with Crippen LogP contribution >= 0.6 is 0 Å². The molecular weight excluding hydrogens is 405 g/mol. The van der Waals surface area contributed by atoms with Gasteiger partial charge >= 0.3 is 12.1 Å². The summed E-state index contributed by atoms with van der Waals surface area (Å²) in [6, 6.07) is 5.24. The van der Waals surface area contributed by atoms with Crippen LogP contribution in [-0.4, -0.2) is 48.5 Å². The summed E-state index contributed by atoms with van der Waals surface area (Å²) in [5, 5.41) is 6.18. The van der Waals surface area contributed by atoms with E-state index in [1.165, 1.54) is 12.2 Å². The van der Waals surface area contributed by atoms with E-state index < -0.39 is 54.4 Å². The molecule has 0 fully saturated rings. The number of nitrogens with one attached hydrogen (secondary N) is 3. The molecular formula is C17H18F5N3O4. The molecule has 3 atom stereocenters. The van der Waals surface area contributed by atoms with Crippen LogP contribution in [0, 0.1) is 5.92 Å². The Hall–Kier alpha value is -2.92. The molecule has 0 saturated heterocycles. The number of alkyl halides is 5. The number of para-hydroxylation sites is 2. The molecule has 160 valence electrons. The lowest BCUT2D eigenvalue weighted by Gasteiger charge is -2.24. The van der Waals surface area contributed by atoms with Crippen molar-refractivity contribution in [1.29, 1.82) is 0 Å². The summed E-state index contributed by atoms with van der Waals surface area (Å²) in [6.07, 6.45) is -6.70. The molecule has 1 aromatic carbocycles. The number of hydrogen-bond acceptors (Lipinski definition) is 4. The highest BCUT2D eigenvalue weighted by atomic mass is 19.4. The highest BCUT2D eigenvalue weighted by molar-refractivity contribution is 6.04. The summed E-state index contributed by atoms with van der Waals surface area (Å²) >= 11 is 0. The monoisotopic (exact) mass is 423 g/mol. The van der Waals surface area contributed by atoms with Crippen LogP contribution in [-0.2, 0) is 14.4 Å². The first-order valence-electron chi connectivity index (χ1n) is 8.42. The molecule has 0 aliphatic carbocycles. The van der Waals surface area contributed by atoms with Gasteiger partial charge in [-0.15, -0.1) is 0 Å². The van der Waals surface area contributed by atoms with Gasteiger partial charge in [-0.2, -0.15) is 22.0 Å². The van der Waals surface area contributed by atoms with Crippen molar-refractivity contribution in [3.63, 3.8) is 0 Å². The molecule has 29 heavy (non-hydrogen) atoms. The lowest BCUT2D eigenvalue weighted by atomic mass is 10.1. The molecule has 12 heteroatoms. The van der Waals surface area contributed by atoms with Gasteiger partial charge in [0.05, 0.1) is 12.2 Å². The second-order valence-corrected chi connectivity index (χ2v) is 6.44. The van der Waals surface area contributed by atoms with Crippen molar-refractivity contribution in [2.75, 3.05) is 11.9 Å². The van der Waals surface area contributed by atoms with E-state index in [2.05, 4.69) is 10.6 Å². The molecule has 1 heterocycles. The fraction of sp³-hybridized carbons (Fsp3) is 0.471. The largest absolute Gasteiger partial charge is 0.486 e. The Morgan fingerprint density at radius 1 is 1.17 bits per heavy atom. The number of halogens is 5. The zero-order chi connectivity index (χ0) is 22.0. The van der Waals surface area contributed by atoms with Gasteiger partial charge in [0.15, 0.2) is 0 Å². The second kappa shape index (κ2) is 8.21. The first kappa shape index (κ1) is 22.4. The van der Waals surface area contributed by atoms with Crippen LogP contribution in [0.4, 0.5) is 27.6 Å².